The lowest BCUT2D eigenvalue weighted by molar-refractivity contribution is -0.115. The van der Waals surface area contributed by atoms with Gasteiger partial charge in [0.1, 0.15) is 0 Å². The smallest absolute Gasteiger partial charge is 0.319 e. The number of urea groups is 1. The Morgan fingerprint density at radius 2 is 1.73 bits per heavy atom. The Bertz CT molecular complexity index is 787. The van der Waals surface area contributed by atoms with Crippen LogP contribution in [0.1, 0.15) is 24.8 Å². The largest absolute Gasteiger partial charge is 0.384 e. The Balaban J connectivity index is 1.45. The van der Waals surface area contributed by atoms with Gasteiger partial charge in [-0.25, -0.2) is 4.79 Å². The van der Waals surface area contributed by atoms with Crippen LogP contribution in [-0.2, 0) is 4.79 Å². The van der Waals surface area contributed by atoms with E-state index < -0.39 is 0 Å². The highest BCUT2D eigenvalue weighted by atomic mass is 16.2. The van der Waals surface area contributed by atoms with E-state index in [1.807, 2.05) is 31.2 Å². The molecule has 4 N–H and O–H groups in total. The second-order valence-electron chi connectivity index (χ2n) is 6.49. The fourth-order valence-electron chi connectivity index (χ4n) is 2.56. The predicted molar refractivity (Wildman–Crippen MR) is 105 cm³/mol. The van der Waals surface area contributed by atoms with Crippen molar-refractivity contribution in [2.45, 2.75) is 32.2 Å². The number of carbonyl (C=O) groups is 2. The summed E-state index contributed by atoms with van der Waals surface area (Å²) < 4.78 is 0. The highest BCUT2D eigenvalue weighted by Gasteiger charge is 2.23. The molecule has 1 aliphatic carbocycles. The van der Waals surface area contributed by atoms with E-state index in [0.717, 1.165) is 24.1 Å². The van der Waals surface area contributed by atoms with E-state index in [4.69, 9.17) is 0 Å². The number of anilines is 3. The zero-order chi connectivity index (χ0) is 18.4. The lowest BCUT2D eigenvalue weighted by atomic mass is 10.2. The van der Waals surface area contributed by atoms with Crippen molar-refractivity contribution < 1.29 is 9.59 Å². The Labute approximate surface area is 153 Å². The van der Waals surface area contributed by atoms with Crippen LogP contribution in [0.5, 0.6) is 0 Å². The monoisotopic (exact) mass is 352 g/mol. The molecule has 0 saturated heterocycles. The van der Waals surface area contributed by atoms with Gasteiger partial charge in [0.25, 0.3) is 0 Å². The van der Waals surface area contributed by atoms with Gasteiger partial charge in [-0.1, -0.05) is 24.3 Å². The Kier molecular flexibility index (Phi) is 5.73. The quantitative estimate of drug-likeness (QED) is 0.613. The first kappa shape index (κ1) is 17.8. The standard InChI is InChI=1S/C20H24N4O2/c1-14-5-2-3-8-18(14)21-12-11-19(25)22-16-6-4-7-17(13-16)24-20(26)23-15-9-10-15/h2-8,13,15,21H,9-12H2,1H3,(H,22,25)(H2,23,24,26). The van der Waals surface area contributed by atoms with Crippen molar-refractivity contribution in [3.8, 4) is 0 Å². The molecular weight excluding hydrogens is 328 g/mol. The molecule has 0 aromatic heterocycles. The highest BCUT2D eigenvalue weighted by Crippen LogP contribution is 2.20. The molecule has 1 fully saturated rings. The Morgan fingerprint density at radius 1 is 1.00 bits per heavy atom. The van der Waals surface area contributed by atoms with Crippen LogP contribution in [0.2, 0.25) is 0 Å². The first-order valence-electron chi connectivity index (χ1n) is 8.87. The van der Waals surface area contributed by atoms with Crippen LogP contribution < -0.4 is 21.3 Å². The maximum atomic E-state index is 12.1. The first-order chi connectivity index (χ1) is 12.6. The summed E-state index contributed by atoms with van der Waals surface area (Å²) in [5, 5.41) is 11.8. The molecule has 6 nitrogen and oxygen atoms in total. The molecule has 0 heterocycles. The van der Waals surface area contributed by atoms with Gasteiger partial charge in [0.05, 0.1) is 0 Å². The molecule has 1 saturated carbocycles. The van der Waals surface area contributed by atoms with Gasteiger partial charge >= 0.3 is 6.03 Å². The van der Waals surface area contributed by atoms with E-state index in [-0.39, 0.29) is 11.9 Å². The predicted octanol–water partition coefficient (Wildman–Crippen LogP) is 3.72. The molecule has 2 aromatic rings. The summed E-state index contributed by atoms with van der Waals surface area (Å²) in [6.45, 7) is 2.58. The number of hydrogen-bond donors (Lipinski definition) is 4. The number of hydrogen-bond acceptors (Lipinski definition) is 3. The van der Waals surface area contributed by atoms with Crippen molar-refractivity contribution in [3.05, 3.63) is 54.1 Å². The van der Waals surface area contributed by atoms with Crippen LogP contribution >= 0.6 is 0 Å². The zero-order valence-corrected chi connectivity index (χ0v) is 14.8. The summed E-state index contributed by atoms with van der Waals surface area (Å²) in [5.41, 5.74) is 3.50. The molecule has 0 radical (unpaired) electrons. The fourth-order valence-corrected chi connectivity index (χ4v) is 2.56. The summed E-state index contributed by atoms with van der Waals surface area (Å²) in [7, 11) is 0. The molecule has 0 unspecified atom stereocenters. The van der Waals surface area contributed by atoms with Gasteiger partial charge in [-0.15, -0.1) is 0 Å². The molecule has 0 spiro atoms. The number of benzene rings is 2. The van der Waals surface area contributed by atoms with Gasteiger partial charge in [0.2, 0.25) is 5.91 Å². The number of amides is 3. The molecule has 3 amide bonds. The van der Waals surface area contributed by atoms with Gasteiger partial charge in [-0.3, -0.25) is 4.79 Å². The van der Waals surface area contributed by atoms with Crippen LogP contribution in [0, 0.1) is 6.92 Å². The van der Waals surface area contributed by atoms with Crippen molar-refractivity contribution in [1.82, 2.24) is 5.32 Å². The van der Waals surface area contributed by atoms with Crippen molar-refractivity contribution in [2.75, 3.05) is 22.5 Å². The molecule has 26 heavy (non-hydrogen) atoms. The topological polar surface area (TPSA) is 82.3 Å². The number of para-hydroxylation sites is 1. The molecule has 136 valence electrons. The van der Waals surface area contributed by atoms with Gasteiger partial charge in [0, 0.05) is 36.1 Å². The van der Waals surface area contributed by atoms with Crippen molar-refractivity contribution >= 4 is 29.0 Å². The maximum Gasteiger partial charge on any atom is 0.319 e. The number of rotatable bonds is 7. The van der Waals surface area contributed by atoms with Crippen LogP contribution in [0.25, 0.3) is 0 Å². The van der Waals surface area contributed by atoms with Crippen LogP contribution in [-0.4, -0.2) is 24.5 Å². The minimum absolute atomic E-state index is 0.0781. The molecular formula is C20H24N4O2. The average molecular weight is 352 g/mol. The average Bonchev–Trinajstić information content (AvgIpc) is 3.40. The van der Waals surface area contributed by atoms with Gasteiger partial charge in [-0.05, 0) is 49.6 Å². The molecule has 0 atom stereocenters. The molecule has 3 rings (SSSR count). The third-order valence-corrected chi connectivity index (χ3v) is 4.13. The lowest BCUT2D eigenvalue weighted by Crippen LogP contribution is -2.30. The minimum atomic E-state index is -0.210. The summed E-state index contributed by atoms with van der Waals surface area (Å²) in [4.78, 5) is 23.9. The fraction of sp³-hybridized carbons (Fsp3) is 0.300. The molecule has 0 aliphatic heterocycles. The van der Waals surface area contributed by atoms with E-state index >= 15 is 0 Å². The van der Waals surface area contributed by atoms with E-state index in [0.29, 0.717) is 30.4 Å². The van der Waals surface area contributed by atoms with Gasteiger partial charge in [-0.2, -0.15) is 0 Å². The van der Waals surface area contributed by atoms with Crippen LogP contribution in [0.15, 0.2) is 48.5 Å². The number of carbonyl (C=O) groups excluding carboxylic acids is 2. The third kappa shape index (κ3) is 5.51. The summed E-state index contributed by atoms with van der Waals surface area (Å²) in [5.74, 6) is -0.0781. The first-order valence-corrected chi connectivity index (χ1v) is 8.87. The summed E-state index contributed by atoms with van der Waals surface area (Å²) in [6, 6.07) is 15.2. The lowest BCUT2D eigenvalue weighted by Gasteiger charge is -2.11. The molecule has 2 aromatic carbocycles. The van der Waals surface area contributed by atoms with Crippen LogP contribution in [0.3, 0.4) is 0 Å². The maximum absolute atomic E-state index is 12.1. The van der Waals surface area contributed by atoms with E-state index in [1.165, 1.54) is 0 Å². The van der Waals surface area contributed by atoms with Crippen LogP contribution in [0.4, 0.5) is 21.9 Å². The van der Waals surface area contributed by atoms with Crippen molar-refractivity contribution in [1.29, 1.82) is 0 Å². The van der Waals surface area contributed by atoms with Crippen molar-refractivity contribution in [2.24, 2.45) is 0 Å². The zero-order valence-electron chi connectivity index (χ0n) is 14.8. The summed E-state index contributed by atoms with van der Waals surface area (Å²) in [6.07, 6.45) is 2.44. The third-order valence-electron chi connectivity index (χ3n) is 4.13. The number of aryl methyl sites for hydroxylation is 1. The van der Waals surface area contributed by atoms with E-state index in [1.54, 1.807) is 24.3 Å². The minimum Gasteiger partial charge on any atom is -0.384 e. The SMILES string of the molecule is Cc1ccccc1NCCC(=O)Nc1cccc(NC(=O)NC2CC2)c1. The van der Waals surface area contributed by atoms with Gasteiger partial charge < -0.3 is 21.3 Å². The van der Waals surface area contributed by atoms with Gasteiger partial charge in [0.15, 0.2) is 0 Å². The highest BCUT2D eigenvalue weighted by molar-refractivity contribution is 5.93. The second-order valence-corrected chi connectivity index (χ2v) is 6.49. The normalized spacial score (nSPS) is 13.0. The Hall–Kier alpha value is -3.02. The van der Waals surface area contributed by atoms with E-state index in [9.17, 15) is 9.59 Å². The van der Waals surface area contributed by atoms with E-state index in [2.05, 4.69) is 21.3 Å². The molecule has 0 bridgehead atoms. The number of nitrogens with one attached hydrogen (secondary N) is 4. The second kappa shape index (κ2) is 8.38. The summed E-state index contributed by atoms with van der Waals surface area (Å²) >= 11 is 0. The molecule has 1 aliphatic rings. The molecule has 6 heteroatoms. The Morgan fingerprint density at radius 3 is 2.46 bits per heavy atom. The van der Waals surface area contributed by atoms with Crippen molar-refractivity contribution in [3.63, 3.8) is 0 Å².